The Labute approximate surface area is 136 Å². The lowest BCUT2D eigenvalue weighted by molar-refractivity contribution is 0.0407. The van der Waals surface area contributed by atoms with Gasteiger partial charge in [-0.25, -0.2) is 9.59 Å². The van der Waals surface area contributed by atoms with Crippen LogP contribution in [0.1, 0.15) is 12.5 Å². The molecule has 1 aromatic carbocycles. The highest BCUT2D eigenvalue weighted by atomic mass is 16.2. The van der Waals surface area contributed by atoms with Crippen molar-refractivity contribution in [2.24, 2.45) is 5.92 Å². The van der Waals surface area contributed by atoms with Crippen LogP contribution in [0.4, 0.5) is 9.59 Å². The Morgan fingerprint density at radius 2 is 1.65 bits per heavy atom. The molecular formula is C17H22N4O2. The molecule has 0 bridgehead atoms. The number of amides is 4. The Balaban J connectivity index is 1.91. The summed E-state index contributed by atoms with van der Waals surface area (Å²) in [5, 5.41) is 5.89. The van der Waals surface area contributed by atoms with Gasteiger partial charge >= 0.3 is 12.1 Å². The summed E-state index contributed by atoms with van der Waals surface area (Å²) in [6.45, 7) is 1.98. The number of urea groups is 2. The minimum atomic E-state index is -0.298. The zero-order valence-corrected chi connectivity index (χ0v) is 13.6. The second-order valence-corrected chi connectivity index (χ2v) is 6.19. The molecule has 0 aliphatic carbocycles. The van der Waals surface area contributed by atoms with Crippen molar-refractivity contribution >= 4 is 18.1 Å². The highest BCUT2D eigenvalue weighted by Gasteiger charge is 2.48. The van der Waals surface area contributed by atoms with Crippen LogP contribution in [0.2, 0.25) is 0 Å². The standard InChI is InChI=1S/C17H22N4O2/c1-11-14-13(10-9-12-7-5-4-6-8-12)20(2)17(23)19-15(14)21(3)16(22)18-11/h4-11,13-15H,1-3H3,(H,18,22)(H,19,23)/b10-9+/t11-,13-,14+,15+/m1/s1. The molecule has 2 fully saturated rings. The molecule has 0 aromatic heterocycles. The van der Waals surface area contributed by atoms with Crippen LogP contribution in [0.5, 0.6) is 0 Å². The molecule has 0 spiro atoms. The minimum Gasteiger partial charge on any atom is -0.335 e. The van der Waals surface area contributed by atoms with Gasteiger partial charge in [0.05, 0.1) is 6.04 Å². The van der Waals surface area contributed by atoms with Crippen LogP contribution in [-0.4, -0.2) is 54.2 Å². The Morgan fingerprint density at radius 1 is 1.00 bits per heavy atom. The van der Waals surface area contributed by atoms with Crippen LogP contribution in [0.3, 0.4) is 0 Å². The van der Waals surface area contributed by atoms with E-state index >= 15 is 0 Å². The molecule has 0 radical (unpaired) electrons. The van der Waals surface area contributed by atoms with Crippen molar-refractivity contribution in [2.75, 3.05) is 14.1 Å². The average molecular weight is 314 g/mol. The molecule has 3 rings (SSSR count). The lowest BCUT2D eigenvalue weighted by Gasteiger charge is -2.51. The molecule has 23 heavy (non-hydrogen) atoms. The van der Waals surface area contributed by atoms with Gasteiger partial charge in [-0.1, -0.05) is 42.5 Å². The third-order valence-corrected chi connectivity index (χ3v) is 4.75. The normalized spacial score (nSPS) is 30.9. The van der Waals surface area contributed by atoms with Gasteiger partial charge in [0, 0.05) is 26.1 Å². The minimum absolute atomic E-state index is 0.0304. The number of benzene rings is 1. The molecule has 4 amide bonds. The highest BCUT2D eigenvalue weighted by molar-refractivity contribution is 5.80. The van der Waals surface area contributed by atoms with Gasteiger partial charge in [-0.2, -0.15) is 0 Å². The fraction of sp³-hybridized carbons (Fsp3) is 0.412. The number of fused-ring (bicyclic) bond motifs is 1. The zero-order chi connectivity index (χ0) is 16.6. The van der Waals surface area contributed by atoms with Gasteiger partial charge in [-0.3, -0.25) is 0 Å². The summed E-state index contributed by atoms with van der Waals surface area (Å²) in [5.41, 5.74) is 1.09. The van der Waals surface area contributed by atoms with E-state index in [-0.39, 0.29) is 36.2 Å². The third-order valence-electron chi connectivity index (χ3n) is 4.75. The summed E-state index contributed by atoms with van der Waals surface area (Å²) < 4.78 is 0. The van der Waals surface area contributed by atoms with Crippen molar-refractivity contribution in [3.8, 4) is 0 Å². The van der Waals surface area contributed by atoms with E-state index in [2.05, 4.69) is 10.6 Å². The van der Waals surface area contributed by atoms with Gasteiger partial charge in [0.15, 0.2) is 0 Å². The SMILES string of the molecule is C[C@H]1NC(=O)N(C)[C@@H]2NC(=O)N(C)[C@H](/C=C/c3ccccc3)[C@@H]21. The number of nitrogens with zero attached hydrogens (tertiary/aromatic N) is 2. The summed E-state index contributed by atoms with van der Waals surface area (Å²) in [5.74, 6) is 0.0698. The van der Waals surface area contributed by atoms with E-state index in [9.17, 15) is 9.59 Å². The summed E-state index contributed by atoms with van der Waals surface area (Å²) >= 11 is 0. The second-order valence-electron chi connectivity index (χ2n) is 6.19. The molecule has 2 aliphatic heterocycles. The summed E-state index contributed by atoms with van der Waals surface area (Å²) in [6.07, 6.45) is 3.78. The van der Waals surface area contributed by atoms with Crippen LogP contribution in [0.25, 0.3) is 6.08 Å². The van der Waals surface area contributed by atoms with Crippen molar-refractivity contribution in [2.45, 2.75) is 25.2 Å². The first-order valence-electron chi connectivity index (χ1n) is 7.79. The lowest BCUT2D eigenvalue weighted by atomic mass is 9.84. The predicted molar refractivity (Wildman–Crippen MR) is 88.6 cm³/mol. The highest BCUT2D eigenvalue weighted by Crippen LogP contribution is 2.29. The predicted octanol–water partition coefficient (Wildman–Crippen LogP) is 1.71. The third kappa shape index (κ3) is 2.76. The van der Waals surface area contributed by atoms with Gasteiger partial charge < -0.3 is 20.4 Å². The van der Waals surface area contributed by atoms with Gasteiger partial charge in [0.1, 0.15) is 6.17 Å². The topological polar surface area (TPSA) is 64.7 Å². The van der Waals surface area contributed by atoms with E-state index in [0.29, 0.717) is 0 Å². The Hall–Kier alpha value is -2.50. The van der Waals surface area contributed by atoms with E-state index in [0.717, 1.165) is 5.56 Å². The van der Waals surface area contributed by atoms with Crippen molar-refractivity contribution in [1.29, 1.82) is 0 Å². The van der Waals surface area contributed by atoms with E-state index in [1.165, 1.54) is 0 Å². The van der Waals surface area contributed by atoms with Gasteiger partial charge in [0.25, 0.3) is 0 Å². The van der Waals surface area contributed by atoms with Crippen molar-refractivity contribution in [1.82, 2.24) is 20.4 Å². The first-order valence-corrected chi connectivity index (χ1v) is 7.79. The molecule has 122 valence electrons. The Kier molecular flexibility index (Phi) is 3.98. The molecule has 6 nitrogen and oxygen atoms in total. The number of carbonyl (C=O) groups excluding carboxylic acids is 2. The first kappa shape index (κ1) is 15.4. The number of rotatable bonds is 2. The Morgan fingerprint density at radius 3 is 2.35 bits per heavy atom. The molecule has 0 saturated carbocycles. The zero-order valence-electron chi connectivity index (χ0n) is 13.6. The molecule has 2 saturated heterocycles. The van der Waals surface area contributed by atoms with Crippen LogP contribution in [-0.2, 0) is 0 Å². The maximum absolute atomic E-state index is 12.3. The molecule has 4 atom stereocenters. The van der Waals surface area contributed by atoms with E-state index in [4.69, 9.17) is 0 Å². The molecule has 2 heterocycles. The maximum atomic E-state index is 12.3. The molecule has 2 N–H and O–H groups in total. The number of carbonyl (C=O) groups is 2. The van der Waals surface area contributed by atoms with Gasteiger partial charge in [-0.05, 0) is 12.5 Å². The van der Waals surface area contributed by atoms with Crippen molar-refractivity contribution < 1.29 is 9.59 Å². The van der Waals surface area contributed by atoms with Crippen molar-refractivity contribution in [3.05, 3.63) is 42.0 Å². The number of hydrogen-bond acceptors (Lipinski definition) is 2. The molecule has 0 unspecified atom stereocenters. The van der Waals surface area contributed by atoms with Crippen LogP contribution in [0.15, 0.2) is 36.4 Å². The van der Waals surface area contributed by atoms with Crippen LogP contribution < -0.4 is 10.6 Å². The largest absolute Gasteiger partial charge is 0.335 e. The monoisotopic (exact) mass is 314 g/mol. The average Bonchev–Trinajstić information content (AvgIpc) is 2.54. The van der Waals surface area contributed by atoms with E-state index in [1.54, 1.807) is 23.9 Å². The van der Waals surface area contributed by atoms with Crippen molar-refractivity contribution in [3.63, 3.8) is 0 Å². The molecule has 6 heteroatoms. The molecular weight excluding hydrogens is 292 g/mol. The lowest BCUT2D eigenvalue weighted by Crippen LogP contribution is -2.73. The Bertz CT molecular complexity index is 631. The quantitative estimate of drug-likeness (QED) is 0.873. The maximum Gasteiger partial charge on any atom is 0.319 e. The number of hydrogen-bond donors (Lipinski definition) is 2. The first-order chi connectivity index (χ1) is 11.0. The molecule has 2 aliphatic rings. The summed E-state index contributed by atoms with van der Waals surface area (Å²) in [7, 11) is 3.50. The fourth-order valence-corrected chi connectivity index (χ4v) is 3.38. The van der Waals surface area contributed by atoms with Crippen LogP contribution >= 0.6 is 0 Å². The van der Waals surface area contributed by atoms with Crippen LogP contribution in [0, 0.1) is 5.92 Å². The molecule has 1 aromatic rings. The van der Waals surface area contributed by atoms with E-state index < -0.39 is 0 Å². The second kappa shape index (κ2) is 5.95. The fourth-order valence-electron chi connectivity index (χ4n) is 3.38. The summed E-state index contributed by atoms with van der Waals surface area (Å²) in [4.78, 5) is 27.5. The number of likely N-dealkylation sites (N-methyl/N-ethyl adjacent to an activating group) is 1. The van der Waals surface area contributed by atoms with Gasteiger partial charge in [0.2, 0.25) is 0 Å². The van der Waals surface area contributed by atoms with E-state index in [1.807, 2.05) is 49.4 Å². The number of nitrogens with one attached hydrogen (secondary N) is 2. The summed E-state index contributed by atoms with van der Waals surface area (Å²) in [6, 6.07) is 9.54. The van der Waals surface area contributed by atoms with Gasteiger partial charge in [-0.15, -0.1) is 0 Å². The smallest absolute Gasteiger partial charge is 0.319 e.